The van der Waals surface area contributed by atoms with Crippen molar-refractivity contribution < 1.29 is 0 Å². The molecule has 0 bridgehead atoms. The maximum absolute atomic E-state index is 6.08. The van der Waals surface area contributed by atoms with Gasteiger partial charge in [0.2, 0.25) is 0 Å². The van der Waals surface area contributed by atoms with Gasteiger partial charge in [-0.1, -0.05) is 44.0 Å². The molecule has 0 fully saturated rings. The maximum Gasteiger partial charge on any atom is 0.0406 e. The van der Waals surface area contributed by atoms with E-state index in [-0.39, 0.29) is 0 Å². The Bertz CT molecular complexity index is 281. The van der Waals surface area contributed by atoms with E-state index in [0.717, 1.165) is 24.3 Å². The third kappa shape index (κ3) is 4.23. The summed E-state index contributed by atoms with van der Waals surface area (Å²) in [6.07, 6.45) is 3.30. The highest BCUT2D eigenvalue weighted by molar-refractivity contribution is 6.30. The number of nitrogens with two attached hydrogens (primary N) is 1. The average Bonchev–Trinajstić information content (AvgIpc) is 2.22. The third-order valence-corrected chi connectivity index (χ3v) is 3.08. The fourth-order valence-electron chi connectivity index (χ4n) is 1.76. The molecule has 1 nitrogen and oxygen atoms in total. The molecule has 15 heavy (non-hydrogen) atoms. The summed E-state index contributed by atoms with van der Waals surface area (Å²) in [5.41, 5.74) is 7.40. The van der Waals surface area contributed by atoms with Crippen molar-refractivity contribution in [2.45, 2.75) is 39.2 Å². The molecule has 0 amide bonds. The van der Waals surface area contributed by atoms with E-state index < -0.39 is 0 Å². The lowest BCUT2D eigenvalue weighted by molar-refractivity contribution is 0.425. The van der Waals surface area contributed by atoms with Crippen LogP contribution in [0.5, 0.6) is 0 Å². The van der Waals surface area contributed by atoms with Crippen molar-refractivity contribution in [2.24, 2.45) is 11.7 Å². The topological polar surface area (TPSA) is 26.0 Å². The first-order chi connectivity index (χ1) is 7.13. The van der Waals surface area contributed by atoms with Gasteiger partial charge in [-0.15, -0.1) is 0 Å². The smallest absolute Gasteiger partial charge is 0.0406 e. The van der Waals surface area contributed by atoms with Crippen LogP contribution >= 0.6 is 11.6 Å². The summed E-state index contributed by atoms with van der Waals surface area (Å²) in [6, 6.07) is 8.35. The van der Waals surface area contributed by atoms with Crippen LogP contribution in [0.4, 0.5) is 0 Å². The second-order valence-corrected chi connectivity index (χ2v) is 4.70. The standard InChI is InChI=1S/C13H20ClN/c1-3-4-13(15)10(2)9-11-5-7-12(14)8-6-11/h5-8,10,13H,3-4,9,15H2,1-2H3. The van der Waals surface area contributed by atoms with E-state index in [4.69, 9.17) is 17.3 Å². The molecule has 0 saturated carbocycles. The first-order valence-electron chi connectivity index (χ1n) is 5.63. The minimum absolute atomic E-state index is 0.311. The molecule has 1 rings (SSSR count). The molecule has 0 aromatic heterocycles. The predicted molar refractivity (Wildman–Crippen MR) is 67.2 cm³/mol. The Kier molecular flexibility index (Phi) is 5.13. The normalized spacial score (nSPS) is 14.9. The van der Waals surface area contributed by atoms with Crippen molar-refractivity contribution in [3.8, 4) is 0 Å². The average molecular weight is 226 g/mol. The van der Waals surface area contributed by atoms with Gasteiger partial charge in [0.25, 0.3) is 0 Å². The Morgan fingerprint density at radius 1 is 1.27 bits per heavy atom. The zero-order chi connectivity index (χ0) is 11.3. The van der Waals surface area contributed by atoms with Crippen molar-refractivity contribution in [2.75, 3.05) is 0 Å². The summed E-state index contributed by atoms with van der Waals surface area (Å²) in [7, 11) is 0. The molecule has 1 aromatic carbocycles. The van der Waals surface area contributed by atoms with Gasteiger partial charge in [-0.2, -0.15) is 0 Å². The summed E-state index contributed by atoms with van der Waals surface area (Å²) < 4.78 is 0. The van der Waals surface area contributed by atoms with Crippen LogP contribution in [-0.2, 0) is 6.42 Å². The van der Waals surface area contributed by atoms with Crippen LogP contribution in [0.2, 0.25) is 5.02 Å². The first kappa shape index (κ1) is 12.5. The molecule has 2 N–H and O–H groups in total. The second kappa shape index (κ2) is 6.14. The van der Waals surface area contributed by atoms with Crippen molar-refractivity contribution in [1.82, 2.24) is 0 Å². The molecule has 0 radical (unpaired) electrons. The van der Waals surface area contributed by atoms with Crippen LogP contribution in [0.3, 0.4) is 0 Å². The number of rotatable bonds is 5. The fourth-order valence-corrected chi connectivity index (χ4v) is 1.89. The highest BCUT2D eigenvalue weighted by Gasteiger charge is 2.12. The SMILES string of the molecule is CCCC(N)C(C)Cc1ccc(Cl)cc1. The lowest BCUT2D eigenvalue weighted by Gasteiger charge is -2.19. The molecule has 0 aliphatic carbocycles. The summed E-state index contributed by atoms with van der Waals surface area (Å²) in [4.78, 5) is 0. The zero-order valence-electron chi connectivity index (χ0n) is 9.54. The van der Waals surface area contributed by atoms with Crippen molar-refractivity contribution >= 4 is 11.6 Å². The van der Waals surface area contributed by atoms with E-state index >= 15 is 0 Å². The Morgan fingerprint density at radius 2 is 1.87 bits per heavy atom. The third-order valence-electron chi connectivity index (χ3n) is 2.82. The minimum atomic E-state index is 0.311. The quantitative estimate of drug-likeness (QED) is 0.814. The molecule has 0 saturated heterocycles. The van der Waals surface area contributed by atoms with Gasteiger partial charge in [-0.05, 0) is 36.5 Å². The van der Waals surface area contributed by atoms with Crippen LogP contribution in [0, 0.1) is 5.92 Å². The van der Waals surface area contributed by atoms with Gasteiger partial charge in [0.05, 0.1) is 0 Å². The number of halogens is 1. The van der Waals surface area contributed by atoms with Gasteiger partial charge in [0.1, 0.15) is 0 Å². The molecule has 0 spiro atoms. The lowest BCUT2D eigenvalue weighted by atomic mass is 9.92. The molecular formula is C13H20ClN. The molecule has 0 aliphatic heterocycles. The Hall–Kier alpha value is -0.530. The van der Waals surface area contributed by atoms with E-state index in [0.29, 0.717) is 12.0 Å². The highest BCUT2D eigenvalue weighted by atomic mass is 35.5. The van der Waals surface area contributed by atoms with E-state index in [1.54, 1.807) is 0 Å². The zero-order valence-corrected chi connectivity index (χ0v) is 10.3. The Balaban J connectivity index is 2.50. The number of hydrogen-bond acceptors (Lipinski definition) is 1. The number of hydrogen-bond donors (Lipinski definition) is 1. The van der Waals surface area contributed by atoms with Crippen LogP contribution in [0.1, 0.15) is 32.3 Å². The van der Waals surface area contributed by atoms with Gasteiger partial charge in [0, 0.05) is 11.1 Å². The monoisotopic (exact) mass is 225 g/mol. The van der Waals surface area contributed by atoms with Gasteiger partial charge < -0.3 is 5.73 Å². The molecular weight excluding hydrogens is 206 g/mol. The largest absolute Gasteiger partial charge is 0.327 e. The highest BCUT2D eigenvalue weighted by Crippen LogP contribution is 2.16. The van der Waals surface area contributed by atoms with E-state index in [2.05, 4.69) is 26.0 Å². The summed E-state index contributed by atoms with van der Waals surface area (Å²) in [6.45, 7) is 4.39. The lowest BCUT2D eigenvalue weighted by Crippen LogP contribution is -2.29. The van der Waals surface area contributed by atoms with E-state index in [1.165, 1.54) is 5.56 Å². The molecule has 0 aliphatic rings. The number of benzene rings is 1. The Morgan fingerprint density at radius 3 is 2.40 bits per heavy atom. The fraction of sp³-hybridized carbons (Fsp3) is 0.538. The van der Waals surface area contributed by atoms with Crippen LogP contribution < -0.4 is 5.73 Å². The maximum atomic E-state index is 6.08. The summed E-state index contributed by atoms with van der Waals surface area (Å²) in [5.74, 6) is 0.533. The van der Waals surface area contributed by atoms with Crippen molar-refractivity contribution in [3.05, 3.63) is 34.9 Å². The van der Waals surface area contributed by atoms with Gasteiger partial charge in [-0.25, -0.2) is 0 Å². The molecule has 1 aromatic rings. The van der Waals surface area contributed by atoms with Crippen LogP contribution in [0.15, 0.2) is 24.3 Å². The Labute approximate surface area is 97.6 Å². The molecule has 84 valence electrons. The second-order valence-electron chi connectivity index (χ2n) is 4.26. The molecule has 0 heterocycles. The van der Waals surface area contributed by atoms with Crippen LogP contribution in [0.25, 0.3) is 0 Å². The van der Waals surface area contributed by atoms with Gasteiger partial charge in [0.15, 0.2) is 0 Å². The summed E-state index contributed by atoms with van der Waals surface area (Å²) >= 11 is 5.84. The predicted octanol–water partition coefficient (Wildman–Crippen LogP) is 3.65. The van der Waals surface area contributed by atoms with Gasteiger partial charge in [-0.3, -0.25) is 0 Å². The van der Waals surface area contributed by atoms with Crippen molar-refractivity contribution in [3.63, 3.8) is 0 Å². The minimum Gasteiger partial charge on any atom is -0.327 e. The van der Waals surface area contributed by atoms with Gasteiger partial charge >= 0.3 is 0 Å². The van der Waals surface area contributed by atoms with E-state index in [1.807, 2.05) is 12.1 Å². The summed E-state index contributed by atoms with van der Waals surface area (Å²) in [5, 5.41) is 0.796. The molecule has 2 unspecified atom stereocenters. The van der Waals surface area contributed by atoms with Crippen molar-refractivity contribution in [1.29, 1.82) is 0 Å². The van der Waals surface area contributed by atoms with Crippen LogP contribution in [-0.4, -0.2) is 6.04 Å². The molecule has 2 atom stereocenters. The first-order valence-corrected chi connectivity index (χ1v) is 6.01. The molecule has 2 heteroatoms. The van der Waals surface area contributed by atoms with E-state index in [9.17, 15) is 0 Å².